The second-order valence-corrected chi connectivity index (χ2v) is 5.12. The molecule has 0 saturated heterocycles. The highest BCUT2D eigenvalue weighted by atomic mass is 35.5. The van der Waals surface area contributed by atoms with Crippen molar-refractivity contribution < 1.29 is 23.1 Å². The highest BCUT2D eigenvalue weighted by molar-refractivity contribution is 8.00. The molecule has 1 unspecified atom stereocenters. The fourth-order valence-electron chi connectivity index (χ4n) is 1.42. The minimum Gasteiger partial charge on any atom is -0.481 e. The number of hydrogen-bond donors (Lipinski definition) is 1. The molecule has 0 amide bonds. The lowest BCUT2D eigenvalue weighted by Gasteiger charge is -2.13. The van der Waals surface area contributed by atoms with Crippen molar-refractivity contribution in [2.24, 2.45) is 0 Å². The van der Waals surface area contributed by atoms with Crippen LogP contribution in [0.3, 0.4) is 0 Å². The Bertz CT molecular complexity index is 406. The molecule has 0 saturated carbocycles. The normalized spacial score (nSPS) is 13.3. The van der Waals surface area contributed by atoms with E-state index >= 15 is 0 Å². The van der Waals surface area contributed by atoms with Crippen molar-refractivity contribution in [1.29, 1.82) is 0 Å². The average molecular weight is 299 g/mol. The van der Waals surface area contributed by atoms with Gasteiger partial charge >= 0.3 is 11.5 Å². The number of carboxylic acids is 1. The van der Waals surface area contributed by atoms with Gasteiger partial charge in [0.2, 0.25) is 0 Å². The first kappa shape index (κ1) is 15.2. The zero-order valence-corrected chi connectivity index (χ0v) is 10.6. The van der Waals surface area contributed by atoms with Gasteiger partial charge in [0.25, 0.3) is 0 Å². The lowest BCUT2D eigenvalue weighted by atomic mass is 9.97. The number of carbonyl (C=O) groups is 1. The van der Waals surface area contributed by atoms with Gasteiger partial charge in [0.05, 0.1) is 5.92 Å². The molecule has 1 aromatic rings. The molecule has 0 radical (unpaired) electrons. The van der Waals surface area contributed by atoms with Crippen LogP contribution in [-0.2, 0) is 4.79 Å². The van der Waals surface area contributed by atoms with E-state index in [2.05, 4.69) is 0 Å². The van der Waals surface area contributed by atoms with E-state index < -0.39 is 17.4 Å². The van der Waals surface area contributed by atoms with Gasteiger partial charge in [0, 0.05) is 10.8 Å². The number of alkyl halides is 3. The summed E-state index contributed by atoms with van der Waals surface area (Å²) in [5.41, 5.74) is -3.88. The maximum Gasteiger partial charge on any atom is 0.441 e. The van der Waals surface area contributed by atoms with Crippen molar-refractivity contribution in [1.82, 2.24) is 0 Å². The minimum atomic E-state index is -4.33. The smallest absolute Gasteiger partial charge is 0.441 e. The summed E-state index contributed by atoms with van der Waals surface area (Å²) in [5, 5.41) is 9.45. The summed E-state index contributed by atoms with van der Waals surface area (Å²) in [6.07, 6.45) is -0.0822. The van der Waals surface area contributed by atoms with Gasteiger partial charge in [-0.1, -0.05) is 35.5 Å². The molecule has 7 heteroatoms. The Morgan fingerprint density at radius 1 is 1.33 bits per heavy atom. The number of rotatable bonds is 5. The van der Waals surface area contributed by atoms with Crippen LogP contribution >= 0.6 is 23.4 Å². The van der Waals surface area contributed by atoms with Crippen LogP contribution in [0, 0.1) is 0 Å². The number of benzene rings is 1. The first-order valence-electron chi connectivity index (χ1n) is 4.98. The van der Waals surface area contributed by atoms with Crippen LogP contribution in [-0.4, -0.2) is 22.3 Å². The third-order valence-corrected chi connectivity index (χ3v) is 3.26. The molecular weight excluding hydrogens is 289 g/mol. The van der Waals surface area contributed by atoms with E-state index in [4.69, 9.17) is 16.7 Å². The molecule has 1 atom stereocenters. The van der Waals surface area contributed by atoms with E-state index in [1.54, 1.807) is 0 Å². The van der Waals surface area contributed by atoms with Crippen molar-refractivity contribution >= 4 is 29.3 Å². The predicted molar refractivity (Wildman–Crippen MR) is 65.0 cm³/mol. The molecule has 0 aliphatic heterocycles. The maximum atomic E-state index is 12.0. The van der Waals surface area contributed by atoms with Crippen molar-refractivity contribution in [3.63, 3.8) is 0 Å². The minimum absolute atomic E-state index is 0.0822. The van der Waals surface area contributed by atoms with Gasteiger partial charge in [-0.25, -0.2) is 0 Å². The van der Waals surface area contributed by atoms with Gasteiger partial charge in [-0.05, 0) is 24.1 Å². The van der Waals surface area contributed by atoms with Crippen LogP contribution in [0.2, 0.25) is 5.02 Å². The Hall–Kier alpha value is -0.880. The van der Waals surface area contributed by atoms with Crippen LogP contribution in [0.4, 0.5) is 13.2 Å². The average Bonchev–Trinajstić information content (AvgIpc) is 2.24. The zero-order chi connectivity index (χ0) is 13.8. The van der Waals surface area contributed by atoms with Gasteiger partial charge < -0.3 is 5.11 Å². The number of halogens is 4. The SMILES string of the molecule is O=C(O)C(CCSC(F)(F)F)c1ccc(Cl)cc1. The summed E-state index contributed by atoms with van der Waals surface area (Å²) < 4.78 is 35.9. The van der Waals surface area contributed by atoms with E-state index in [0.29, 0.717) is 10.6 Å². The second-order valence-electron chi connectivity index (χ2n) is 3.53. The van der Waals surface area contributed by atoms with Crippen molar-refractivity contribution in [3.8, 4) is 0 Å². The molecule has 0 spiro atoms. The fraction of sp³-hybridized carbons (Fsp3) is 0.364. The van der Waals surface area contributed by atoms with Gasteiger partial charge in [-0.15, -0.1) is 0 Å². The number of aliphatic carboxylic acids is 1. The molecule has 0 aliphatic carbocycles. The largest absolute Gasteiger partial charge is 0.481 e. The lowest BCUT2D eigenvalue weighted by Crippen LogP contribution is -2.13. The Kier molecular flexibility index (Phi) is 5.34. The Morgan fingerprint density at radius 3 is 2.33 bits per heavy atom. The highest BCUT2D eigenvalue weighted by Crippen LogP contribution is 2.33. The van der Waals surface area contributed by atoms with E-state index in [1.807, 2.05) is 0 Å². The number of carboxylic acid groups (broad SMARTS) is 1. The molecule has 1 rings (SSSR count). The molecule has 0 heterocycles. The monoisotopic (exact) mass is 298 g/mol. The number of thioether (sulfide) groups is 1. The van der Waals surface area contributed by atoms with Crippen LogP contribution in [0.5, 0.6) is 0 Å². The van der Waals surface area contributed by atoms with Crippen LogP contribution in [0.15, 0.2) is 24.3 Å². The van der Waals surface area contributed by atoms with E-state index in [1.165, 1.54) is 24.3 Å². The van der Waals surface area contributed by atoms with Crippen molar-refractivity contribution in [3.05, 3.63) is 34.9 Å². The van der Waals surface area contributed by atoms with E-state index in [0.717, 1.165) is 0 Å². The first-order chi connectivity index (χ1) is 8.29. The zero-order valence-electron chi connectivity index (χ0n) is 9.08. The van der Waals surface area contributed by atoms with Gasteiger partial charge in [0.1, 0.15) is 0 Å². The lowest BCUT2D eigenvalue weighted by molar-refractivity contribution is -0.138. The summed E-state index contributed by atoms with van der Waals surface area (Å²) in [4.78, 5) is 11.0. The molecule has 0 aliphatic rings. The van der Waals surface area contributed by atoms with Crippen molar-refractivity contribution in [2.75, 3.05) is 5.75 Å². The Balaban J connectivity index is 2.66. The molecular formula is C11H10ClF3O2S. The molecule has 0 fully saturated rings. The topological polar surface area (TPSA) is 37.3 Å². The third kappa shape index (κ3) is 5.18. The standard InChI is InChI=1S/C11H10ClF3O2S/c12-8-3-1-7(2-4-8)9(10(16)17)5-6-18-11(13,14)15/h1-4,9H,5-6H2,(H,16,17). The van der Waals surface area contributed by atoms with E-state index in [9.17, 15) is 18.0 Å². The van der Waals surface area contributed by atoms with Gasteiger partial charge in [-0.3, -0.25) is 4.79 Å². The number of hydrogen-bond acceptors (Lipinski definition) is 2. The molecule has 0 bridgehead atoms. The second kappa shape index (κ2) is 6.33. The summed E-state index contributed by atoms with van der Waals surface area (Å²) in [5.74, 6) is -2.37. The Morgan fingerprint density at radius 2 is 1.89 bits per heavy atom. The quantitative estimate of drug-likeness (QED) is 0.887. The molecule has 100 valence electrons. The van der Waals surface area contributed by atoms with Crippen molar-refractivity contribution in [2.45, 2.75) is 17.8 Å². The molecule has 1 aromatic carbocycles. The Labute approximate surface area is 111 Å². The van der Waals surface area contributed by atoms with Crippen LogP contribution in [0.1, 0.15) is 17.9 Å². The third-order valence-electron chi connectivity index (χ3n) is 2.24. The molecule has 2 nitrogen and oxygen atoms in total. The van der Waals surface area contributed by atoms with Gasteiger partial charge in [-0.2, -0.15) is 13.2 Å². The molecule has 18 heavy (non-hydrogen) atoms. The summed E-state index contributed by atoms with van der Waals surface area (Å²) in [6.45, 7) is 0. The predicted octanol–water partition coefficient (Wildman–Crippen LogP) is 4.15. The first-order valence-corrected chi connectivity index (χ1v) is 6.35. The molecule has 0 aromatic heterocycles. The van der Waals surface area contributed by atoms with E-state index in [-0.39, 0.29) is 23.9 Å². The summed E-state index contributed by atoms with van der Waals surface area (Å²) >= 11 is 5.45. The summed E-state index contributed by atoms with van der Waals surface area (Å²) in [7, 11) is 0. The molecule has 1 N–H and O–H groups in total. The van der Waals surface area contributed by atoms with Crippen LogP contribution in [0.25, 0.3) is 0 Å². The summed E-state index contributed by atoms with van der Waals surface area (Å²) in [6, 6.07) is 6.06. The van der Waals surface area contributed by atoms with Gasteiger partial charge in [0.15, 0.2) is 0 Å². The highest BCUT2D eigenvalue weighted by Gasteiger charge is 2.29. The van der Waals surface area contributed by atoms with Crippen LogP contribution < -0.4 is 0 Å². The fourth-order valence-corrected chi connectivity index (χ4v) is 2.13. The maximum absolute atomic E-state index is 12.0.